The molecule has 136 valence electrons. The van der Waals surface area contributed by atoms with Crippen LogP contribution in [0.2, 0.25) is 0 Å². The lowest BCUT2D eigenvalue weighted by Crippen LogP contribution is -2.17. The fraction of sp³-hybridized carbons (Fsp3) is 0.105. The van der Waals surface area contributed by atoms with Gasteiger partial charge in [-0.1, -0.05) is 18.2 Å². The van der Waals surface area contributed by atoms with Gasteiger partial charge in [-0.3, -0.25) is 14.2 Å². The minimum absolute atomic E-state index is 0.0454. The molecule has 0 spiro atoms. The number of aromatic nitrogens is 3. The number of imidazole rings is 1. The van der Waals surface area contributed by atoms with Gasteiger partial charge in [-0.25, -0.2) is 4.98 Å². The zero-order valence-electron chi connectivity index (χ0n) is 14.1. The molecule has 5 nitrogen and oxygen atoms in total. The number of benzene rings is 1. The number of pyridine rings is 2. The van der Waals surface area contributed by atoms with Gasteiger partial charge in [0.1, 0.15) is 11.3 Å². The highest BCUT2D eigenvalue weighted by Crippen LogP contribution is 2.30. The standard InChI is InChI=1S/C19H13F3N4O/c1-11-17(26-10-13(19(20,21)22)7-8-15(26)24-11)18(27)25-14-6-2-4-12-5-3-9-23-16(12)14/h2-10H,1H3,(H,25,27). The molecule has 0 aliphatic rings. The summed E-state index contributed by atoms with van der Waals surface area (Å²) >= 11 is 0. The maximum Gasteiger partial charge on any atom is 0.417 e. The number of aryl methyl sites for hydroxylation is 1. The highest BCUT2D eigenvalue weighted by molar-refractivity contribution is 6.08. The molecule has 0 radical (unpaired) electrons. The van der Waals surface area contributed by atoms with Gasteiger partial charge < -0.3 is 5.32 Å². The first-order chi connectivity index (χ1) is 12.8. The largest absolute Gasteiger partial charge is 0.417 e. The van der Waals surface area contributed by atoms with Crippen LogP contribution < -0.4 is 5.32 Å². The van der Waals surface area contributed by atoms with E-state index < -0.39 is 17.6 Å². The van der Waals surface area contributed by atoms with Crippen molar-refractivity contribution in [2.45, 2.75) is 13.1 Å². The number of para-hydroxylation sites is 1. The van der Waals surface area contributed by atoms with Crippen molar-refractivity contribution < 1.29 is 18.0 Å². The van der Waals surface area contributed by atoms with Crippen molar-refractivity contribution in [3.8, 4) is 0 Å². The van der Waals surface area contributed by atoms with E-state index in [1.165, 1.54) is 6.07 Å². The molecule has 3 aromatic heterocycles. The highest BCUT2D eigenvalue weighted by Gasteiger charge is 2.31. The van der Waals surface area contributed by atoms with Crippen LogP contribution in [0.5, 0.6) is 0 Å². The second-order valence-corrected chi connectivity index (χ2v) is 6.02. The third-order valence-corrected chi connectivity index (χ3v) is 4.22. The summed E-state index contributed by atoms with van der Waals surface area (Å²) in [4.78, 5) is 21.3. The van der Waals surface area contributed by atoms with Crippen LogP contribution >= 0.6 is 0 Å². The Balaban J connectivity index is 1.79. The molecular weight excluding hydrogens is 357 g/mol. The second-order valence-electron chi connectivity index (χ2n) is 6.02. The summed E-state index contributed by atoms with van der Waals surface area (Å²) in [5.41, 5.74) is 0.856. The number of fused-ring (bicyclic) bond motifs is 2. The number of halogens is 3. The quantitative estimate of drug-likeness (QED) is 0.567. The molecular formula is C19H13F3N4O. The average Bonchev–Trinajstić information content (AvgIpc) is 2.96. The van der Waals surface area contributed by atoms with E-state index in [9.17, 15) is 18.0 Å². The van der Waals surface area contributed by atoms with E-state index in [1.807, 2.05) is 12.1 Å². The van der Waals surface area contributed by atoms with Gasteiger partial charge in [0.25, 0.3) is 5.91 Å². The van der Waals surface area contributed by atoms with Gasteiger partial charge in [0, 0.05) is 17.8 Å². The van der Waals surface area contributed by atoms with Gasteiger partial charge in [-0.05, 0) is 31.2 Å². The summed E-state index contributed by atoms with van der Waals surface area (Å²) < 4.78 is 40.3. The molecule has 0 saturated carbocycles. The van der Waals surface area contributed by atoms with E-state index in [0.717, 1.165) is 22.1 Å². The molecule has 0 aliphatic heterocycles. The Labute approximate surface area is 151 Å². The Morgan fingerprint density at radius 3 is 2.67 bits per heavy atom. The topological polar surface area (TPSA) is 59.3 Å². The van der Waals surface area contributed by atoms with E-state index in [4.69, 9.17) is 0 Å². The second kappa shape index (κ2) is 6.08. The van der Waals surface area contributed by atoms with Crippen LogP contribution in [-0.2, 0) is 6.18 Å². The minimum atomic E-state index is -4.51. The smallest absolute Gasteiger partial charge is 0.319 e. The molecule has 27 heavy (non-hydrogen) atoms. The van der Waals surface area contributed by atoms with Gasteiger partial charge in [0.15, 0.2) is 0 Å². The normalized spacial score (nSPS) is 11.9. The molecule has 0 fully saturated rings. The van der Waals surface area contributed by atoms with Gasteiger partial charge in [0.2, 0.25) is 0 Å². The average molecular weight is 370 g/mol. The zero-order valence-corrected chi connectivity index (χ0v) is 14.1. The molecule has 4 aromatic rings. The third-order valence-electron chi connectivity index (χ3n) is 4.22. The number of hydrogen-bond donors (Lipinski definition) is 1. The molecule has 1 N–H and O–H groups in total. The number of amides is 1. The van der Waals surface area contributed by atoms with E-state index >= 15 is 0 Å². The Morgan fingerprint density at radius 1 is 1.11 bits per heavy atom. The molecule has 0 saturated heterocycles. The predicted molar refractivity (Wildman–Crippen MR) is 94.6 cm³/mol. The van der Waals surface area contributed by atoms with Crippen molar-refractivity contribution >= 4 is 28.1 Å². The van der Waals surface area contributed by atoms with Crippen LogP contribution in [0.3, 0.4) is 0 Å². The third kappa shape index (κ3) is 2.99. The molecule has 0 bridgehead atoms. The van der Waals surface area contributed by atoms with Gasteiger partial charge in [-0.2, -0.15) is 13.2 Å². The van der Waals surface area contributed by atoms with E-state index in [0.29, 0.717) is 16.9 Å². The van der Waals surface area contributed by atoms with Crippen molar-refractivity contribution in [3.63, 3.8) is 0 Å². The van der Waals surface area contributed by atoms with Crippen molar-refractivity contribution in [3.05, 3.63) is 71.8 Å². The lowest BCUT2D eigenvalue weighted by Gasteiger charge is -2.10. The summed E-state index contributed by atoms with van der Waals surface area (Å²) in [6.07, 6.45) is -2.03. The fourth-order valence-electron chi connectivity index (χ4n) is 2.99. The maximum atomic E-state index is 13.0. The van der Waals surface area contributed by atoms with Crippen LogP contribution in [0, 0.1) is 6.92 Å². The SMILES string of the molecule is Cc1nc2ccc(C(F)(F)F)cn2c1C(=O)Nc1cccc2cccnc12. The van der Waals surface area contributed by atoms with E-state index in [2.05, 4.69) is 15.3 Å². The Bertz CT molecular complexity index is 1180. The number of nitrogens with zero attached hydrogens (tertiary/aromatic N) is 3. The van der Waals surface area contributed by atoms with Gasteiger partial charge >= 0.3 is 6.18 Å². The first-order valence-corrected chi connectivity index (χ1v) is 8.05. The van der Waals surface area contributed by atoms with Gasteiger partial charge in [0.05, 0.1) is 22.5 Å². The monoisotopic (exact) mass is 370 g/mol. The summed E-state index contributed by atoms with van der Waals surface area (Å²) in [6.45, 7) is 1.58. The molecule has 1 amide bonds. The fourth-order valence-corrected chi connectivity index (χ4v) is 2.99. The molecule has 4 rings (SSSR count). The molecule has 0 unspecified atom stereocenters. The Morgan fingerprint density at radius 2 is 1.89 bits per heavy atom. The van der Waals surface area contributed by atoms with Crippen LogP contribution in [0.25, 0.3) is 16.6 Å². The van der Waals surface area contributed by atoms with Crippen LogP contribution in [0.4, 0.5) is 18.9 Å². The molecule has 0 aliphatic carbocycles. The van der Waals surface area contributed by atoms with E-state index in [-0.39, 0.29) is 11.3 Å². The van der Waals surface area contributed by atoms with Crippen molar-refractivity contribution in [1.29, 1.82) is 0 Å². The first kappa shape index (κ1) is 17.0. The number of carbonyl (C=O) groups excluding carboxylic acids is 1. The molecule has 1 aromatic carbocycles. The molecule has 3 heterocycles. The number of nitrogens with one attached hydrogen (secondary N) is 1. The summed E-state index contributed by atoms with van der Waals surface area (Å²) in [5, 5.41) is 3.57. The summed E-state index contributed by atoms with van der Waals surface area (Å²) in [7, 11) is 0. The maximum absolute atomic E-state index is 13.0. The lowest BCUT2D eigenvalue weighted by molar-refractivity contribution is -0.137. The summed E-state index contributed by atoms with van der Waals surface area (Å²) in [5.74, 6) is -0.558. The van der Waals surface area contributed by atoms with Gasteiger partial charge in [-0.15, -0.1) is 0 Å². The highest BCUT2D eigenvalue weighted by atomic mass is 19.4. The number of hydrogen-bond acceptors (Lipinski definition) is 3. The van der Waals surface area contributed by atoms with E-state index in [1.54, 1.807) is 31.3 Å². The lowest BCUT2D eigenvalue weighted by atomic mass is 10.2. The van der Waals surface area contributed by atoms with Crippen molar-refractivity contribution in [2.24, 2.45) is 0 Å². The Hall–Kier alpha value is -3.42. The zero-order chi connectivity index (χ0) is 19.2. The summed E-state index contributed by atoms with van der Waals surface area (Å²) in [6, 6.07) is 11.1. The number of rotatable bonds is 2. The number of anilines is 1. The number of alkyl halides is 3. The molecule has 0 atom stereocenters. The molecule has 8 heteroatoms. The van der Waals surface area contributed by atoms with Crippen molar-refractivity contribution in [1.82, 2.24) is 14.4 Å². The van der Waals surface area contributed by atoms with Crippen LogP contribution in [-0.4, -0.2) is 20.3 Å². The predicted octanol–water partition coefficient (Wildman–Crippen LogP) is 4.46. The van der Waals surface area contributed by atoms with Crippen LogP contribution in [0.15, 0.2) is 54.9 Å². The van der Waals surface area contributed by atoms with Crippen molar-refractivity contribution in [2.75, 3.05) is 5.32 Å². The Kier molecular flexibility index (Phi) is 3.83. The first-order valence-electron chi connectivity index (χ1n) is 8.05. The number of carbonyl (C=O) groups is 1. The van der Waals surface area contributed by atoms with Crippen LogP contribution in [0.1, 0.15) is 21.7 Å². The minimum Gasteiger partial charge on any atom is -0.319 e.